The molecule has 4 N–H and O–H groups in total. The fraction of sp³-hybridized carbons (Fsp3) is 0.268. The van der Waals surface area contributed by atoms with Gasteiger partial charge in [0.05, 0.1) is 14.2 Å². The van der Waals surface area contributed by atoms with Crippen LogP contribution in [0.25, 0.3) is 0 Å². The minimum atomic E-state index is -0.723. The van der Waals surface area contributed by atoms with Crippen LogP contribution in [-0.2, 0) is 19.6 Å². The number of nitrogens with two attached hydrogens (primary N) is 1. The molecule has 5 rings (SSSR count). The van der Waals surface area contributed by atoms with Gasteiger partial charge in [0.2, 0.25) is 0 Å². The molecule has 0 saturated heterocycles. The lowest BCUT2D eigenvalue weighted by Gasteiger charge is -2.27. The average molecular weight is 647 g/mol. The Kier molecular flexibility index (Phi) is 12.9. The fourth-order valence-electron chi connectivity index (χ4n) is 5.79. The van der Waals surface area contributed by atoms with Crippen LogP contribution in [0.2, 0.25) is 0 Å². The zero-order chi connectivity index (χ0) is 33.6. The van der Waals surface area contributed by atoms with Crippen molar-refractivity contribution in [3.05, 3.63) is 155 Å². The molecule has 2 atom stereocenters. The second-order valence-corrected chi connectivity index (χ2v) is 11.8. The highest BCUT2D eigenvalue weighted by Crippen LogP contribution is 2.32. The Bertz CT molecular complexity index is 1600. The van der Waals surface area contributed by atoms with Crippen LogP contribution in [0.15, 0.2) is 127 Å². The first-order valence-corrected chi connectivity index (χ1v) is 16.4. The normalized spacial score (nSPS) is 12.4. The molecule has 250 valence electrons. The van der Waals surface area contributed by atoms with Crippen LogP contribution >= 0.6 is 0 Å². The molecule has 0 spiro atoms. The molecule has 0 aliphatic carbocycles. The summed E-state index contributed by atoms with van der Waals surface area (Å²) in [6, 6.07) is 42.7. The molecule has 0 fully saturated rings. The maximum absolute atomic E-state index is 11.0. The van der Waals surface area contributed by atoms with Gasteiger partial charge in [-0.3, -0.25) is 0 Å². The van der Waals surface area contributed by atoms with Gasteiger partial charge in [-0.15, -0.1) is 0 Å². The molecule has 5 aromatic carbocycles. The standard InChI is InChI=1S/C41H46N2O5/c1-45-37-17-13-32(14-18-37)40(33-15-19-38(46-2)20-16-33)25-35(23-30-9-5-3-6-10-30)43-27-36(44)29-47-39-21-22-41(34(24-39)26-42)48-28-31-11-7-4-8-12-31/h3-22,24,35-36,40,43-44H,23,25-29,42H2,1-2H3/t35?,36-/m0/s1. The summed E-state index contributed by atoms with van der Waals surface area (Å²) in [5, 5.41) is 14.7. The molecular formula is C41H46N2O5. The number of aliphatic hydroxyl groups excluding tert-OH is 1. The van der Waals surface area contributed by atoms with E-state index in [1.165, 1.54) is 16.7 Å². The maximum atomic E-state index is 11.0. The SMILES string of the molecule is COc1ccc(C(CC(Cc2ccccc2)NC[C@H](O)COc2ccc(OCc3ccccc3)c(CN)c2)c2ccc(OC)cc2)cc1. The number of rotatable bonds is 18. The van der Waals surface area contributed by atoms with E-state index in [-0.39, 0.29) is 18.6 Å². The van der Waals surface area contributed by atoms with Crippen LogP contribution in [0, 0.1) is 0 Å². The summed E-state index contributed by atoms with van der Waals surface area (Å²) in [7, 11) is 3.36. The lowest BCUT2D eigenvalue weighted by molar-refractivity contribution is 0.103. The number of hydrogen-bond donors (Lipinski definition) is 3. The van der Waals surface area contributed by atoms with Gasteiger partial charge in [0.1, 0.15) is 42.3 Å². The van der Waals surface area contributed by atoms with E-state index in [0.717, 1.165) is 41.2 Å². The predicted molar refractivity (Wildman–Crippen MR) is 191 cm³/mol. The molecule has 0 radical (unpaired) electrons. The van der Waals surface area contributed by atoms with Gasteiger partial charge >= 0.3 is 0 Å². The van der Waals surface area contributed by atoms with Gasteiger partial charge in [0.15, 0.2) is 0 Å². The predicted octanol–water partition coefficient (Wildman–Crippen LogP) is 6.90. The van der Waals surface area contributed by atoms with Crippen LogP contribution in [0.3, 0.4) is 0 Å². The van der Waals surface area contributed by atoms with E-state index in [4.69, 9.17) is 24.7 Å². The van der Waals surface area contributed by atoms with Crippen molar-refractivity contribution in [2.45, 2.75) is 44.1 Å². The third-order valence-electron chi connectivity index (χ3n) is 8.46. The van der Waals surface area contributed by atoms with Gasteiger partial charge < -0.3 is 35.1 Å². The highest BCUT2D eigenvalue weighted by Gasteiger charge is 2.22. The van der Waals surface area contributed by atoms with Crippen LogP contribution in [0.4, 0.5) is 0 Å². The van der Waals surface area contributed by atoms with E-state index in [1.54, 1.807) is 14.2 Å². The molecule has 48 heavy (non-hydrogen) atoms. The zero-order valence-electron chi connectivity index (χ0n) is 27.8. The smallest absolute Gasteiger partial charge is 0.124 e. The highest BCUT2D eigenvalue weighted by molar-refractivity contribution is 5.41. The van der Waals surface area contributed by atoms with Crippen molar-refractivity contribution in [1.82, 2.24) is 5.32 Å². The van der Waals surface area contributed by atoms with E-state index in [1.807, 2.05) is 78.9 Å². The van der Waals surface area contributed by atoms with Gasteiger partial charge in [0.25, 0.3) is 0 Å². The second-order valence-electron chi connectivity index (χ2n) is 11.8. The van der Waals surface area contributed by atoms with Crippen molar-refractivity contribution in [3.8, 4) is 23.0 Å². The summed E-state index contributed by atoms with van der Waals surface area (Å²) < 4.78 is 22.9. The topological polar surface area (TPSA) is 95.2 Å². The minimum Gasteiger partial charge on any atom is -0.497 e. The molecule has 0 aromatic heterocycles. The summed E-state index contributed by atoms with van der Waals surface area (Å²) in [4.78, 5) is 0. The number of ether oxygens (including phenoxy) is 4. The zero-order valence-corrected chi connectivity index (χ0v) is 27.8. The molecule has 0 bridgehead atoms. The second kappa shape index (κ2) is 17.9. The molecule has 7 nitrogen and oxygen atoms in total. The van der Waals surface area contributed by atoms with Gasteiger partial charge in [-0.05, 0) is 77.6 Å². The first kappa shape index (κ1) is 34.5. The lowest BCUT2D eigenvalue weighted by atomic mass is 9.84. The molecule has 0 amide bonds. The Labute approximate surface area is 284 Å². The quantitative estimate of drug-likeness (QED) is 0.0953. The molecule has 0 saturated carbocycles. The van der Waals surface area contributed by atoms with Crippen molar-refractivity contribution < 1.29 is 24.1 Å². The molecular weight excluding hydrogens is 600 g/mol. The van der Waals surface area contributed by atoms with E-state index >= 15 is 0 Å². The summed E-state index contributed by atoms with van der Waals surface area (Å²) in [5.41, 5.74) is 11.6. The van der Waals surface area contributed by atoms with Crippen LogP contribution < -0.4 is 30.0 Å². The van der Waals surface area contributed by atoms with Gasteiger partial charge in [-0.25, -0.2) is 0 Å². The van der Waals surface area contributed by atoms with Crippen molar-refractivity contribution in [2.24, 2.45) is 5.73 Å². The maximum Gasteiger partial charge on any atom is 0.124 e. The molecule has 0 aliphatic rings. The monoisotopic (exact) mass is 646 g/mol. The Morgan fingerprint density at radius 2 is 1.23 bits per heavy atom. The van der Waals surface area contributed by atoms with E-state index in [0.29, 0.717) is 25.4 Å². The Morgan fingerprint density at radius 1 is 0.667 bits per heavy atom. The van der Waals surface area contributed by atoms with Gasteiger partial charge in [0, 0.05) is 30.6 Å². The summed E-state index contributed by atoms with van der Waals surface area (Å²) in [5.74, 6) is 3.11. The largest absolute Gasteiger partial charge is 0.497 e. The van der Waals surface area contributed by atoms with Gasteiger partial charge in [-0.1, -0.05) is 84.9 Å². The van der Waals surface area contributed by atoms with Crippen molar-refractivity contribution in [1.29, 1.82) is 0 Å². The number of nitrogens with one attached hydrogen (secondary N) is 1. The third-order valence-corrected chi connectivity index (χ3v) is 8.46. The lowest BCUT2D eigenvalue weighted by Crippen LogP contribution is -2.40. The highest BCUT2D eigenvalue weighted by atomic mass is 16.5. The Balaban J connectivity index is 1.25. The summed E-state index contributed by atoms with van der Waals surface area (Å²) in [6.07, 6.45) is 0.895. The molecule has 0 heterocycles. The first-order valence-electron chi connectivity index (χ1n) is 16.4. The van der Waals surface area contributed by atoms with Crippen LogP contribution in [0.5, 0.6) is 23.0 Å². The number of hydrogen-bond acceptors (Lipinski definition) is 7. The minimum absolute atomic E-state index is 0.0705. The van der Waals surface area contributed by atoms with Crippen LogP contribution in [0.1, 0.15) is 40.2 Å². The Hall–Kier alpha value is -4.82. The number of methoxy groups -OCH3 is 2. The molecule has 0 aliphatic heterocycles. The van der Waals surface area contributed by atoms with Crippen molar-refractivity contribution >= 4 is 0 Å². The number of benzene rings is 5. The molecule has 7 heteroatoms. The number of aliphatic hydroxyl groups is 1. The summed E-state index contributed by atoms with van der Waals surface area (Å²) in [6.45, 7) is 1.29. The van der Waals surface area contributed by atoms with E-state index < -0.39 is 6.10 Å². The fourth-order valence-corrected chi connectivity index (χ4v) is 5.79. The van der Waals surface area contributed by atoms with Gasteiger partial charge in [-0.2, -0.15) is 0 Å². The van der Waals surface area contributed by atoms with E-state index in [2.05, 4.69) is 53.8 Å². The molecule has 1 unspecified atom stereocenters. The van der Waals surface area contributed by atoms with E-state index in [9.17, 15) is 5.11 Å². The van der Waals surface area contributed by atoms with Crippen LogP contribution in [-0.4, -0.2) is 44.6 Å². The molecule has 5 aromatic rings. The average Bonchev–Trinajstić information content (AvgIpc) is 3.15. The third kappa shape index (κ3) is 10.1. The Morgan fingerprint density at radius 3 is 1.79 bits per heavy atom. The summed E-state index contributed by atoms with van der Waals surface area (Å²) >= 11 is 0. The van der Waals surface area contributed by atoms with Crippen molar-refractivity contribution in [3.63, 3.8) is 0 Å². The van der Waals surface area contributed by atoms with Crippen molar-refractivity contribution in [2.75, 3.05) is 27.4 Å². The first-order chi connectivity index (χ1) is 23.5.